The first-order valence-corrected chi connectivity index (χ1v) is 7.13. The molecule has 0 bridgehead atoms. The predicted molar refractivity (Wildman–Crippen MR) is 83.6 cm³/mol. The lowest BCUT2D eigenvalue weighted by Crippen LogP contribution is -2.05. The van der Waals surface area contributed by atoms with Gasteiger partial charge in [-0.05, 0) is 31.9 Å². The fourth-order valence-electron chi connectivity index (χ4n) is 2.08. The summed E-state index contributed by atoms with van der Waals surface area (Å²) >= 11 is 0. The Balaban J connectivity index is 1.92. The Hall–Kier alpha value is -1.94. The van der Waals surface area contributed by atoms with Gasteiger partial charge in [0.1, 0.15) is 5.82 Å². The number of nitrogens with one attached hydrogen (secondary N) is 1. The zero-order valence-electron chi connectivity index (χ0n) is 12.0. The van der Waals surface area contributed by atoms with E-state index < -0.39 is 0 Å². The van der Waals surface area contributed by atoms with Gasteiger partial charge in [-0.2, -0.15) is 0 Å². The molecule has 0 saturated heterocycles. The summed E-state index contributed by atoms with van der Waals surface area (Å²) in [6.07, 6.45) is 6.96. The van der Waals surface area contributed by atoms with Crippen molar-refractivity contribution in [1.82, 2.24) is 9.97 Å². The van der Waals surface area contributed by atoms with E-state index in [0.29, 0.717) is 0 Å². The molecule has 0 amide bonds. The van der Waals surface area contributed by atoms with Crippen LogP contribution in [0.4, 0.5) is 5.82 Å². The van der Waals surface area contributed by atoms with Crippen LogP contribution in [0.5, 0.6) is 0 Å². The van der Waals surface area contributed by atoms with Gasteiger partial charge in [0.2, 0.25) is 0 Å². The SMILES string of the molecule is Cc1ccccc1-c1cnc(NCCCCCN)cn1. The summed E-state index contributed by atoms with van der Waals surface area (Å²) in [5, 5.41) is 3.28. The fraction of sp³-hybridized carbons (Fsp3) is 0.375. The van der Waals surface area contributed by atoms with Crippen molar-refractivity contribution in [2.45, 2.75) is 26.2 Å². The van der Waals surface area contributed by atoms with Crippen LogP contribution in [0.3, 0.4) is 0 Å². The maximum Gasteiger partial charge on any atom is 0.144 e. The molecule has 0 aliphatic carbocycles. The van der Waals surface area contributed by atoms with Crippen molar-refractivity contribution in [3.63, 3.8) is 0 Å². The van der Waals surface area contributed by atoms with Gasteiger partial charge >= 0.3 is 0 Å². The maximum atomic E-state index is 5.46. The van der Waals surface area contributed by atoms with Crippen LogP contribution in [-0.4, -0.2) is 23.1 Å². The lowest BCUT2D eigenvalue weighted by Gasteiger charge is -2.07. The Kier molecular flexibility index (Phi) is 5.50. The van der Waals surface area contributed by atoms with Gasteiger partial charge in [-0.1, -0.05) is 30.7 Å². The molecule has 2 aromatic rings. The number of aryl methyl sites for hydroxylation is 1. The quantitative estimate of drug-likeness (QED) is 0.759. The molecule has 2 rings (SSSR count). The first kappa shape index (κ1) is 14.5. The van der Waals surface area contributed by atoms with Gasteiger partial charge in [0.05, 0.1) is 18.1 Å². The Labute approximate surface area is 120 Å². The average Bonchev–Trinajstić information content (AvgIpc) is 2.48. The van der Waals surface area contributed by atoms with Crippen molar-refractivity contribution in [2.75, 3.05) is 18.4 Å². The molecule has 3 N–H and O–H groups in total. The highest BCUT2D eigenvalue weighted by Gasteiger charge is 2.03. The molecule has 20 heavy (non-hydrogen) atoms. The molecule has 0 aliphatic rings. The van der Waals surface area contributed by atoms with Crippen molar-refractivity contribution in [3.8, 4) is 11.3 Å². The summed E-state index contributed by atoms with van der Waals surface area (Å²) in [7, 11) is 0. The van der Waals surface area contributed by atoms with Gasteiger partial charge in [0.25, 0.3) is 0 Å². The molecule has 0 atom stereocenters. The molecule has 0 spiro atoms. The third-order valence-corrected chi connectivity index (χ3v) is 3.26. The van der Waals surface area contributed by atoms with Gasteiger partial charge in [0, 0.05) is 12.1 Å². The number of hydrogen-bond acceptors (Lipinski definition) is 4. The fourth-order valence-corrected chi connectivity index (χ4v) is 2.08. The standard InChI is InChI=1S/C16H22N4/c1-13-7-3-4-8-14(13)15-11-20-16(12-19-15)18-10-6-2-5-9-17/h3-4,7-8,11-12H,2,5-6,9-10,17H2,1H3,(H,18,20). The highest BCUT2D eigenvalue weighted by molar-refractivity contribution is 5.62. The van der Waals surface area contributed by atoms with Crippen molar-refractivity contribution in [3.05, 3.63) is 42.2 Å². The molecule has 0 unspecified atom stereocenters. The van der Waals surface area contributed by atoms with Gasteiger partial charge in [-0.15, -0.1) is 0 Å². The number of hydrogen-bond donors (Lipinski definition) is 2. The van der Waals surface area contributed by atoms with Crippen molar-refractivity contribution in [2.24, 2.45) is 5.73 Å². The van der Waals surface area contributed by atoms with E-state index in [-0.39, 0.29) is 0 Å². The lowest BCUT2D eigenvalue weighted by atomic mass is 10.1. The van der Waals surface area contributed by atoms with Gasteiger partial charge in [-0.3, -0.25) is 4.98 Å². The van der Waals surface area contributed by atoms with E-state index in [1.54, 1.807) is 6.20 Å². The number of aromatic nitrogens is 2. The van der Waals surface area contributed by atoms with Crippen LogP contribution in [0.15, 0.2) is 36.7 Å². The van der Waals surface area contributed by atoms with Crippen LogP contribution >= 0.6 is 0 Å². The van der Waals surface area contributed by atoms with E-state index in [1.807, 2.05) is 18.3 Å². The van der Waals surface area contributed by atoms with Crippen LogP contribution in [0.1, 0.15) is 24.8 Å². The van der Waals surface area contributed by atoms with E-state index in [9.17, 15) is 0 Å². The summed E-state index contributed by atoms with van der Waals surface area (Å²) in [5.74, 6) is 0.829. The number of unbranched alkanes of at least 4 members (excludes halogenated alkanes) is 2. The zero-order chi connectivity index (χ0) is 14.2. The summed E-state index contributed by atoms with van der Waals surface area (Å²) in [4.78, 5) is 8.90. The number of benzene rings is 1. The molecule has 0 radical (unpaired) electrons. The largest absolute Gasteiger partial charge is 0.369 e. The zero-order valence-corrected chi connectivity index (χ0v) is 12.0. The van der Waals surface area contributed by atoms with Crippen LogP contribution in [-0.2, 0) is 0 Å². The van der Waals surface area contributed by atoms with E-state index in [1.165, 1.54) is 5.56 Å². The van der Waals surface area contributed by atoms with Gasteiger partial charge in [0.15, 0.2) is 0 Å². The molecule has 1 aromatic carbocycles. The summed E-state index contributed by atoms with van der Waals surface area (Å²) in [6, 6.07) is 8.21. The minimum absolute atomic E-state index is 0.769. The highest BCUT2D eigenvalue weighted by atomic mass is 15.0. The molecule has 4 heteroatoms. The van der Waals surface area contributed by atoms with Crippen LogP contribution < -0.4 is 11.1 Å². The predicted octanol–water partition coefficient (Wildman–Crippen LogP) is 2.99. The lowest BCUT2D eigenvalue weighted by molar-refractivity contribution is 0.706. The Morgan fingerprint density at radius 1 is 1.05 bits per heavy atom. The minimum Gasteiger partial charge on any atom is -0.369 e. The first-order valence-electron chi connectivity index (χ1n) is 7.13. The van der Waals surface area contributed by atoms with Gasteiger partial charge < -0.3 is 11.1 Å². The molecule has 1 aromatic heterocycles. The minimum atomic E-state index is 0.769. The summed E-state index contributed by atoms with van der Waals surface area (Å²) in [6.45, 7) is 3.77. The Morgan fingerprint density at radius 2 is 1.90 bits per heavy atom. The normalized spacial score (nSPS) is 10.5. The molecule has 0 aliphatic heterocycles. The van der Waals surface area contributed by atoms with Crippen LogP contribution in [0.2, 0.25) is 0 Å². The molecule has 106 valence electrons. The topological polar surface area (TPSA) is 63.8 Å². The molecule has 0 fully saturated rings. The van der Waals surface area contributed by atoms with Crippen LogP contribution in [0.25, 0.3) is 11.3 Å². The summed E-state index contributed by atoms with van der Waals surface area (Å²) in [5.41, 5.74) is 8.72. The molecular formula is C16H22N4. The van der Waals surface area contributed by atoms with Crippen molar-refractivity contribution < 1.29 is 0 Å². The maximum absolute atomic E-state index is 5.46. The third-order valence-electron chi connectivity index (χ3n) is 3.26. The number of nitrogens with zero attached hydrogens (tertiary/aromatic N) is 2. The second kappa shape index (κ2) is 7.60. The molecular weight excluding hydrogens is 248 g/mol. The molecule has 0 saturated carbocycles. The van der Waals surface area contributed by atoms with Crippen molar-refractivity contribution in [1.29, 1.82) is 0 Å². The third kappa shape index (κ3) is 4.03. The summed E-state index contributed by atoms with van der Waals surface area (Å²) < 4.78 is 0. The highest BCUT2D eigenvalue weighted by Crippen LogP contribution is 2.20. The van der Waals surface area contributed by atoms with E-state index in [4.69, 9.17) is 5.73 Å². The second-order valence-corrected chi connectivity index (χ2v) is 4.88. The Bertz CT molecular complexity index is 522. The molecule has 1 heterocycles. The van der Waals surface area contributed by atoms with Crippen molar-refractivity contribution >= 4 is 5.82 Å². The smallest absolute Gasteiger partial charge is 0.144 e. The number of nitrogens with two attached hydrogens (primary N) is 1. The van der Waals surface area contributed by atoms with Crippen LogP contribution in [0, 0.1) is 6.92 Å². The molecule has 4 nitrogen and oxygen atoms in total. The van der Waals surface area contributed by atoms with Gasteiger partial charge in [-0.25, -0.2) is 4.98 Å². The number of rotatable bonds is 7. The van der Waals surface area contributed by atoms with E-state index >= 15 is 0 Å². The van der Waals surface area contributed by atoms with E-state index in [0.717, 1.165) is 49.4 Å². The second-order valence-electron chi connectivity index (χ2n) is 4.88. The Morgan fingerprint density at radius 3 is 2.60 bits per heavy atom. The monoisotopic (exact) mass is 270 g/mol. The first-order chi connectivity index (χ1) is 9.81. The van der Waals surface area contributed by atoms with E-state index in [2.05, 4.69) is 34.3 Å². The number of anilines is 1. The average molecular weight is 270 g/mol.